The normalized spacial score (nSPS) is 34.2. The molecule has 6 rings (SSSR count). The van der Waals surface area contributed by atoms with E-state index >= 15 is 0 Å². The van der Waals surface area contributed by atoms with Crippen LogP contribution in [0, 0.1) is 16.7 Å². The molecule has 4 heteroatoms. The van der Waals surface area contributed by atoms with Gasteiger partial charge in [-0.15, -0.1) is 0 Å². The van der Waals surface area contributed by atoms with Gasteiger partial charge >= 0.3 is 0 Å². The number of nitrogens with one attached hydrogen (secondary N) is 1. The highest BCUT2D eigenvalue weighted by atomic mass is 16.2. The maximum absolute atomic E-state index is 12.8. The molecule has 5 aliphatic carbocycles. The van der Waals surface area contributed by atoms with Crippen LogP contribution in [-0.2, 0) is 4.79 Å². The quantitative estimate of drug-likeness (QED) is 0.483. The number of hydrogen-bond donors (Lipinski definition) is 1. The summed E-state index contributed by atoms with van der Waals surface area (Å²) in [5.41, 5.74) is 2.53. The van der Waals surface area contributed by atoms with Crippen molar-refractivity contribution in [2.45, 2.75) is 96.4 Å². The molecule has 1 N–H and O–H groups in total. The second kappa shape index (κ2) is 8.21. The van der Waals surface area contributed by atoms with Crippen LogP contribution in [0.25, 0.3) is 0 Å². The molecule has 4 fully saturated rings. The maximum atomic E-state index is 12.8. The first-order chi connectivity index (χ1) is 15.7. The van der Waals surface area contributed by atoms with E-state index in [2.05, 4.69) is 19.2 Å². The van der Waals surface area contributed by atoms with Gasteiger partial charge in [0, 0.05) is 28.7 Å². The van der Waals surface area contributed by atoms with Gasteiger partial charge in [0.05, 0.1) is 0 Å². The van der Waals surface area contributed by atoms with Crippen molar-refractivity contribution in [1.82, 2.24) is 5.32 Å². The van der Waals surface area contributed by atoms with Crippen molar-refractivity contribution >= 4 is 17.5 Å². The van der Waals surface area contributed by atoms with E-state index in [9.17, 15) is 14.4 Å². The largest absolute Gasteiger partial charge is 0.351 e. The predicted molar refractivity (Wildman–Crippen MR) is 129 cm³/mol. The Hall–Kier alpha value is -2.23. The van der Waals surface area contributed by atoms with Gasteiger partial charge in [0.2, 0.25) is 5.91 Å². The molecule has 4 nitrogen and oxygen atoms in total. The Morgan fingerprint density at radius 3 is 2.27 bits per heavy atom. The lowest BCUT2D eigenvalue weighted by molar-refractivity contribution is -0.139. The molecule has 0 heterocycles. The van der Waals surface area contributed by atoms with Crippen LogP contribution in [0.1, 0.15) is 112 Å². The molecule has 4 saturated carbocycles. The summed E-state index contributed by atoms with van der Waals surface area (Å²) >= 11 is 0. The molecule has 176 valence electrons. The molecule has 1 amide bonds. The Labute approximate surface area is 197 Å². The molecule has 1 aromatic carbocycles. The zero-order valence-corrected chi connectivity index (χ0v) is 20.2. The van der Waals surface area contributed by atoms with E-state index in [4.69, 9.17) is 0 Å². The molecule has 0 saturated heterocycles. The van der Waals surface area contributed by atoms with E-state index in [0.29, 0.717) is 40.4 Å². The summed E-state index contributed by atoms with van der Waals surface area (Å²) in [4.78, 5) is 37.7. The Bertz CT molecular complexity index is 1000. The van der Waals surface area contributed by atoms with Crippen molar-refractivity contribution in [3.05, 3.63) is 47.0 Å². The first kappa shape index (κ1) is 22.6. The van der Waals surface area contributed by atoms with Gasteiger partial charge in [-0.05, 0) is 80.6 Å². The summed E-state index contributed by atoms with van der Waals surface area (Å²) in [5, 5.41) is 3.51. The van der Waals surface area contributed by atoms with Crippen molar-refractivity contribution in [3.63, 3.8) is 0 Å². The van der Waals surface area contributed by atoms with Crippen LogP contribution in [0.15, 0.2) is 35.9 Å². The second-order valence-electron chi connectivity index (χ2n) is 12.3. The summed E-state index contributed by atoms with van der Waals surface area (Å²) in [6, 6.07) is 7.06. The number of carbonyl (C=O) groups is 3. The monoisotopic (exact) mass is 447 g/mol. The fourth-order valence-electron chi connectivity index (χ4n) is 8.46. The zero-order valence-electron chi connectivity index (χ0n) is 20.2. The summed E-state index contributed by atoms with van der Waals surface area (Å²) in [6.45, 7) is 4.88. The highest BCUT2D eigenvalue weighted by Crippen LogP contribution is 2.66. The van der Waals surface area contributed by atoms with Crippen molar-refractivity contribution in [2.75, 3.05) is 0 Å². The standard InChI is InChI=1S/C29H37NO3/c1-27-14-20-15-28(2,17-27)19-29(16-20,18-27)30-25(32)12-6-4-3-5-9-21-13-24(31)22-10-7-8-11-23(22)26(21)33/h7-8,10-11,13,20H,3-6,9,12,14-19H2,1-2H3,(H,30,32). The highest BCUT2D eigenvalue weighted by molar-refractivity contribution is 6.24. The predicted octanol–water partition coefficient (Wildman–Crippen LogP) is 6.20. The minimum atomic E-state index is -0.0655. The summed E-state index contributed by atoms with van der Waals surface area (Å²) < 4.78 is 0. The number of amides is 1. The molecule has 4 bridgehead atoms. The number of ketones is 2. The van der Waals surface area contributed by atoms with Crippen LogP contribution >= 0.6 is 0 Å². The zero-order chi connectivity index (χ0) is 23.3. The second-order valence-corrected chi connectivity index (χ2v) is 12.3. The van der Waals surface area contributed by atoms with Gasteiger partial charge in [0.25, 0.3) is 0 Å². The Morgan fingerprint density at radius 2 is 1.58 bits per heavy atom. The van der Waals surface area contributed by atoms with Gasteiger partial charge in [0.15, 0.2) is 11.6 Å². The van der Waals surface area contributed by atoms with Crippen molar-refractivity contribution in [1.29, 1.82) is 0 Å². The number of benzene rings is 1. The number of Topliss-reactive ketones (excluding diaryl/α,β-unsaturated/α-hetero) is 1. The van der Waals surface area contributed by atoms with E-state index in [1.165, 1.54) is 31.8 Å². The van der Waals surface area contributed by atoms with E-state index in [1.54, 1.807) is 18.2 Å². The van der Waals surface area contributed by atoms with E-state index in [1.807, 2.05) is 6.07 Å². The number of unbranched alkanes of at least 4 members (excludes halogenated alkanes) is 3. The Kier molecular flexibility index (Phi) is 5.61. The number of fused-ring (bicyclic) bond motifs is 1. The van der Waals surface area contributed by atoms with Gasteiger partial charge in [0.1, 0.15) is 0 Å². The summed E-state index contributed by atoms with van der Waals surface area (Å²) in [6.07, 6.45) is 13.9. The summed E-state index contributed by atoms with van der Waals surface area (Å²) in [5.74, 6) is 0.926. The van der Waals surface area contributed by atoms with Crippen molar-refractivity contribution in [3.8, 4) is 0 Å². The number of hydrogen-bond acceptors (Lipinski definition) is 3. The third-order valence-corrected chi connectivity index (χ3v) is 8.66. The Balaban J connectivity index is 1.05. The van der Waals surface area contributed by atoms with Gasteiger partial charge in [-0.25, -0.2) is 0 Å². The number of rotatable bonds is 8. The molecule has 0 aromatic heterocycles. The first-order valence-corrected chi connectivity index (χ1v) is 12.9. The third kappa shape index (κ3) is 4.46. The number of allylic oxidation sites excluding steroid dienone is 2. The molecule has 0 radical (unpaired) electrons. The average molecular weight is 448 g/mol. The smallest absolute Gasteiger partial charge is 0.220 e. The fourth-order valence-corrected chi connectivity index (χ4v) is 8.46. The van der Waals surface area contributed by atoms with Crippen LogP contribution in [-0.4, -0.2) is 23.0 Å². The van der Waals surface area contributed by atoms with Crippen molar-refractivity contribution < 1.29 is 14.4 Å². The molecule has 0 spiro atoms. The van der Waals surface area contributed by atoms with Crippen LogP contribution in [0.2, 0.25) is 0 Å². The Morgan fingerprint density at radius 1 is 0.909 bits per heavy atom. The molecular weight excluding hydrogens is 410 g/mol. The lowest BCUT2D eigenvalue weighted by Gasteiger charge is -2.65. The molecule has 2 unspecified atom stereocenters. The third-order valence-electron chi connectivity index (χ3n) is 8.66. The van der Waals surface area contributed by atoms with Crippen molar-refractivity contribution in [2.24, 2.45) is 16.7 Å². The fraction of sp³-hybridized carbons (Fsp3) is 0.621. The minimum absolute atomic E-state index is 0.0115. The first-order valence-electron chi connectivity index (χ1n) is 12.9. The highest BCUT2D eigenvalue weighted by Gasteiger charge is 2.60. The molecule has 5 aliphatic rings. The average Bonchev–Trinajstić information content (AvgIpc) is 2.71. The molecule has 2 atom stereocenters. The van der Waals surface area contributed by atoms with Crippen LogP contribution in [0.5, 0.6) is 0 Å². The number of carbonyl (C=O) groups excluding carboxylic acids is 3. The summed E-state index contributed by atoms with van der Waals surface area (Å²) in [7, 11) is 0. The van der Waals surface area contributed by atoms with Gasteiger partial charge < -0.3 is 5.32 Å². The molecular formula is C29H37NO3. The SMILES string of the molecule is CC12CC3CC(C)(C1)CC(NC(=O)CCCCCCC1=CC(=O)c4ccccc4C1=O)(C3)C2. The van der Waals surface area contributed by atoms with Crippen LogP contribution < -0.4 is 5.32 Å². The van der Waals surface area contributed by atoms with Crippen LogP contribution in [0.3, 0.4) is 0 Å². The van der Waals surface area contributed by atoms with Gasteiger partial charge in [-0.2, -0.15) is 0 Å². The van der Waals surface area contributed by atoms with Gasteiger partial charge in [-0.3, -0.25) is 14.4 Å². The van der Waals surface area contributed by atoms with E-state index in [-0.39, 0.29) is 23.0 Å². The lowest BCUT2D eigenvalue weighted by Crippen LogP contribution is -2.65. The van der Waals surface area contributed by atoms with Gasteiger partial charge in [-0.1, -0.05) is 51.0 Å². The molecule has 0 aliphatic heterocycles. The van der Waals surface area contributed by atoms with E-state index in [0.717, 1.165) is 44.4 Å². The minimum Gasteiger partial charge on any atom is -0.351 e. The molecule has 33 heavy (non-hydrogen) atoms. The van der Waals surface area contributed by atoms with Crippen LogP contribution in [0.4, 0.5) is 0 Å². The topological polar surface area (TPSA) is 63.2 Å². The molecule has 1 aromatic rings. The lowest BCUT2D eigenvalue weighted by atomic mass is 9.43. The van der Waals surface area contributed by atoms with E-state index < -0.39 is 0 Å². The maximum Gasteiger partial charge on any atom is 0.220 e.